The molecule has 0 fully saturated rings. The molecular formula is C27H32F5NO7. The van der Waals surface area contributed by atoms with Crippen molar-refractivity contribution >= 4 is 12.1 Å². The molecule has 40 heavy (non-hydrogen) atoms. The molecule has 8 nitrogen and oxygen atoms in total. The van der Waals surface area contributed by atoms with Gasteiger partial charge < -0.3 is 29.0 Å². The fraction of sp³-hybridized carbons (Fsp3) is 0.481. The van der Waals surface area contributed by atoms with E-state index in [2.05, 4.69) is 0 Å². The van der Waals surface area contributed by atoms with Crippen molar-refractivity contribution in [2.75, 3.05) is 39.5 Å². The summed E-state index contributed by atoms with van der Waals surface area (Å²) in [5.41, 5.74) is -0.308. The Morgan fingerprint density at radius 3 is 2.23 bits per heavy atom. The molecule has 0 aliphatic heterocycles. The first-order valence-corrected chi connectivity index (χ1v) is 12.5. The predicted octanol–water partition coefficient (Wildman–Crippen LogP) is 5.68. The second-order valence-electron chi connectivity index (χ2n) is 8.62. The van der Waals surface area contributed by atoms with E-state index >= 15 is 0 Å². The van der Waals surface area contributed by atoms with E-state index in [4.69, 9.17) is 18.9 Å². The minimum Gasteiger partial charge on any atom is -0.492 e. The molecule has 1 atom stereocenters. The van der Waals surface area contributed by atoms with Gasteiger partial charge >= 0.3 is 18.2 Å². The third-order valence-electron chi connectivity index (χ3n) is 5.58. The van der Waals surface area contributed by atoms with Gasteiger partial charge in [0.2, 0.25) is 0 Å². The molecule has 2 aromatic carbocycles. The summed E-state index contributed by atoms with van der Waals surface area (Å²) in [7, 11) is 0. The molecule has 0 saturated carbocycles. The third-order valence-corrected chi connectivity index (χ3v) is 5.58. The minimum atomic E-state index is -4.64. The number of rotatable bonds is 16. The SMILES string of the molecule is CCOC(Cc1ccc(OCCN(CCOCC(F)(F)CC)C(=O)Oc2cccc(C(F)(F)F)c2)cc1)C(=O)O. The van der Waals surface area contributed by atoms with Crippen molar-refractivity contribution in [3.63, 3.8) is 0 Å². The van der Waals surface area contributed by atoms with E-state index in [1.54, 1.807) is 31.2 Å². The summed E-state index contributed by atoms with van der Waals surface area (Å²) in [6.45, 7) is 1.76. The Morgan fingerprint density at radius 2 is 1.62 bits per heavy atom. The molecule has 2 aromatic rings. The zero-order valence-electron chi connectivity index (χ0n) is 22.1. The topological polar surface area (TPSA) is 94.5 Å². The molecule has 0 aromatic heterocycles. The number of halogens is 5. The standard InChI is InChI=1S/C27H32F5NO7/c1-3-26(28,29)18-37-14-12-33(25(36)40-22-7-5-6-20(17-22)27(30,31)32)13-15-39-21-10-8-19(9-11-21)16-23(24(34)35)38-4-2/h5-11,17,23H,3-4,12-16,18H2,1-2H3,(H,34,35). The Kier molecular flexibility index (Phi) is 12.6. The van der Waals surface area contributed by atoms with Crippen molar-refractivity contribution in [3.05, 3.63) is 59.7 Å². The molecule has 0 spiro atoms. The van der Waals surface area contributed by atoms with Crippen molar-refractivity contribution in [1.82, 2.24) is 4.90 Å². The number of amides is 1. The maximum atomic E-state index is 13.4. The molecule has 1 amide bonds. The summed E-state index contributed by atoms with van der Waals surface area (Å²) >= 11 is 0. The van der Waals surface area contributed by atoms with Gasteiger partial charge in [-0.1, -0.05) is 25.1 Å². The normalized spacial score (nSPS) is 12.6. The summed E-state index contributed by atoms with van der Waals surface area (Å²) < 4.78 is 86.8. The number of carbonyl (C=O) groups is 2. The van der Waals surface area contributed by atoms with E-state index in [0.29, 0.717) is 17.4 Å². The van der Waals surface area contributed by atoms with Crippen LogP contribution in [-0.4, -0.2) is 73.6 Å². The molecule has 13 heteroatoms. The first-order valence-electron chi connectivity index (χ1n) is 12.5. The van der Waals surface area contributed by atoms with E-state index < -0.39 is 48.9 Å². The number of hydrogen-bond donors (Lipinski definition) is 1. The quantitative estimate of drug-likeness (QED) is 0.203. The van der Waals surface area contributed by atoms with Gasteiger partial charge in [0.15, 0.2) is 6.10 Å². The minimum absolute atomic E-state index is 0.0706. The Morgan fingerprint density at radius 1 is 0.950 bits per heavy atom. The molecule has 2 rings (SSSR count). The van der Waals surface area contributed by atoms with Gasteiger partial charge in [-0.15, -0.1) is 0 Å². The van der Waals surface area contributed by atoms with Crippen molar-refractivity contribution < 1.29 is 55.6 Å². The molecule has 1 unspecified atom stereocenters. The second kappa shape index (κ2) is 15.4. The lowest BCUT2D eigenvalue weighted by molar-refractivity contribution is -0.150. The van der Waals surface area contributed by atoms with E-state index in [1.165, 1.54) is 13.0 Å². The first kappa shape index (κ1) is 32.8. The van der Waals surface area contributed by atoms with Crippen LogP contribution in [0.15, 0.2) is 48.5 Å². The van der Waals surface area contributed by atoms with Gasteiger partial charge in [-0.3, -0.25) is 0 Å². The molecular weight excluding hydrogens is 545 g/mol. The predicted molar refractivity (Wildman–Crippen MR) is 134 cm³/mol. The van der Waals surface area contributed by atoms with Crippen molar-refractivity contribution in [3.8, 4) is 11.5 Å². The molecule has 0 bridgehead atoms. The first-order chi connectivity index (χ1) is 18.8. The van der Waals surface area contributed by atoms with Gasteiger partial charge in [0.1, 0.15) is 24.7 Å². The van der Waals surface area contributed by atoms with E-state index in [1.807, 2.05) is 0 Å². The van der Waals surface area contributed by atoms with Crippen LogP contribution in [0.1, 0.15) is 31.4 Å². The van der Waals surface area contributed by atoms with Gasteiger partial charge in [0.25, 0.3) is 5.92 Å². The molecule has 1 N–H and O–H groups in total. The van der Waals surface area contributed by atoms with Crippen LogP contribution < -0.4 is 9.47 Å². The average molecular weight is 578 g/mol. The van der Waals surface area contributed by atoms with E-state index in [-0.39, 0.29) is 45.1 Å². The average Bonchev–Trinajstić information content (AvgIpc) is 2.90. The zero-order valence-corrected chi connectivity index (χ0v) is 22.1. The van der Waals surface area contributed by atoms with Crippen LogP contribution in [-0.2, 0) is 26.9 Å². The summed E-state index contributed by atoms with van der Waals surface area (Å²) in [5, 5.41) is 9.22. The summed E-state index contributed by atoms with van der Waals surface area (Å²) in [6.07, 6.45) is -6.92. The highest BCUT2D eigenvalue weighted by atomic mass is 19.4. The van der Waals surface area contributed by atoms with Crippen LogP contribution in [0.5, 0.6) is 11.5 Å². The maximum Gasteiger partial charge on any atom is 0.416 e. The van der Waals surface area contributed by atoms with Gasteiger partial charge in [-0.2, -0.15) is 13.2 Å². The summed E-state index contributed by atoms with van der Waals surface area (Å²) in [4.78, 5) is 25.1. The Hall–Kier alpha value is -3.45. The number of hydrogen-bond acceptors (Lipinski definition) is 6. The van der Waals surface area contributed by atoms with Gasteiger partial charge in [0, 0.05) is 26.0 Å². The summed E-state index contributed by atoms with van der Waals surface area (Å²) in [6, 6.07) is 10.3. The molecule has 0 aliphatic carbocycles. The lowest BCUT2D eigenvalue weighted by Crippen LogP contribution is -2.39. The van der Waals surface area contributed by atoms with Crippen molar-refractivity contribution in [1.29, 1.82) is 0 Å². The number of benzene rings is 2. The maximum absolute atomic E-state index is 13.4. The van der Waals surface area contributed by atoms with Crippen LogP contribution in [0.25, 0.3) is 0 Å². The molecule has 0 aliphatic rings. The van der Waals surface area contributed by atoms with Gasteiger partial charge in [-0.05, 0) is 42.8 Å². The van der Waals surface area contributed by atoms with E-state index in [0.717, 1.165) is 17.0 Å². The number of carbonyl (C=O) groups excluding carboxylic acids is 1. The second-order valence-corrected chi connectivity index (χ2v) is 8.62. The van der Waals surface area contributed by atoms with Crippen molar-refractivity contribution in [2.24, 2.45) is 0 Å². The van der Waals surface area contributed by atoms with Gasteiger partial charge in [0.05, 0.1) is 18.7 Å². The number of alkyl halides is 5. The Bertz CT molecular complexity index is 1080. The zero-order chi connectivity index (χ0) is 29.8. The fourth-order valence-corrected chi connectivity index (χ4v) is 3.32. The van der Waals surface area contributed by atoms with Crippen LogP contribution in [0.2, 0.25) is 0 Å². The molecule has 0 radical (unpaired) electrons. The number of carboxylic acid groups (broad SMARTS) is 1. The highest BCUT2D eigenvalue weighted by molar-refractivity contribution is 5.72. The van der Waals surface area contributed by atoms with Gasteiger partial charge in [-0.25, -0.2) is 18.4 Å². The van der Waals surface area contributed by atoms with Crippen LogP contribution in [0, 0.1) is 0 Å². The highest BCUT2D eigenvalue weighted by Gasteiger charge is 2.31. The number of aliphatic carboxylic acids is 1. The van der Waals surface area contributed by atoms with Crippen LogP contribution in [0.3, 0.4) is 0 Å². The molecule has 0 saturated heterocycles. The fourth-order valence-electron chi connectivity index (χ4n) is 3.32. The monoisotopic (exact) mass is 577 g/mol. The van der Waals surface area contributed by atoms with Crippen molar-refractivity contribution in [2.45, 2.75) is 44.9 Å². The number of ether oxygens (including phenoxy) is 4. The lowest BCUT2D eigenvalue weighted by atomic mass is 10.1. The highest BCUT2D eigenvalue weighted by Crippen LogP contribution is 2.31. The Labute approximate surface area is 228 Å². The smallest absolute Gasteiger partial charge is 0.416 e. The Balaban J connectivity index is 2.00. The van der Waals surface area contributed by atoms with E-state index in [9.17, 15) is 36.6 Å². The largest absolute Gasteiger partial charge is 0.492 e. The molecule has 0 heterocycles. The van der Waals surface area contributed by atoms with Crippen LogP contribution >= 0.6 is 0 Å². The summed E-state index contributed by atoms with van der Waals surface area (Å²) in [5.74, 6) is -4.06. The third kappa shape index (κ3) is 11.3. The lowest BCUT2D eigenvalue weighted by Gasteiger charge is -2.23. The number of nitrogens with zero attached hydrogens (tertiary/aromatic N) is 1. The molecule has 222 valence electrons. The van der Waals surface area contributed by atoms with Crippen LogP contribution in [0.4, 0.5) is 26.7 Å². The number of carboxylic acids is 1.